The summed E-state index contributed by atoms with van der Waals surface area (Å²) in [5, 5.41) is 11.6. The van der Waals surface area contributed by atoms with Crippen molar-refractivity contribution in [3.63, 3.8) is 0 Å². The third-order valence-electron chi connectivity index (χ3n) is 5.84. The van der Waals surface area contributed by atoms with Gasteiger partial charge in [0.2, 0.25) is 0 Å². The lowest BCUT2D eigenvalue weighted by Gasteiger charge is -2.26. The molecule has 1 atom stereocenters. The van der Waals surface area contributed by atoms with Crippen LogP contribution in [0.1, 0.15) is 29.7 Å². The number of hydrogen-bond acceptors (Lipinski definition) is 7. The summed E-state index contributed by atoms with van der Waals surface area (Å²) in [5.41, 5.74) is 1.52. The second-order valence-electron chi connectivity index (χ2n) is 7.98. The van der Waals surface area contributed by atoms with E-state index in [9.17, 15) is 14.7 Å². The first-order valence-electron chi connectivity index (χ1n) is 11.2. The minimum atomic E-state index is -0.893. The summed E-state index contributed by atoms with van der Waals surface area (Å²) < 4.78 is 16.2. The molecule has 0 radical (unpaired) electrons. The lowest BCUT2D eigenvalue weighted by molar-refractivity contribution is -0.140. The van der Waals surface area contributed by atoms with Crippen LogP contribution in [0.2, 0.25) is 5.02 Å². The van der Waals surface area contributed by atoms with E-state index in [1.807, 2.05) is 13.0 Å². The predicted molar refractivity (Wildman–Crippen MR) is 134 cm³/mol. The Bertz CT molecular complexity index is 1330. The molecular formula is C27H25ClN2O6. The van der Waals surface area contributed by atoms with Crippen molar-refractivity contribution in [2.75, 3.05) is 20.8 Å². The highest BCUT2D eigenvalue weighted by atomic mass is 35.5. The quantitative estimate of drug-likeness (QED) is 0.266. The smallest absolute Gasteiger partial charge is 0.295 e. The maximum Gasteiger partial charge on any atom is 0.295 e. The van der Waals surface area contributed by atoms with Crippen LogP contribution in [0, 0.1) is 0 Å². The number of aromatic nitrogens is 1. The topological polar surface area (TPSA) is 98.2 Å². The van der Waals surface area contributed by atoms with Gasteiger partial charge in [-0.2, -0.15) is 0 Å². The maximum absolute atomic E-state index is 13.3. The summed E-state index contributed by atoms with van der Waals surface area (Å²) in [6, 6.07) is 12.5. The lowest BCUT2D eigenvalue weighted by Crippen LogP contribution is -2.29. The summed E-state index contributed by atoms with van der Waals surface area (Å²) >= 11 is 6.33. The number of pyridine rings is 1. The number of ether oxygens (including phenoxy) is 3. The van der Waals surface area contributed by atoms with Crippen molar-refractivity contribution < 1.29 is 28.9 Å². The van der Waals surface area contributed by atoms with Gasteiger partial charge in [0.05, 0.1) is 37.5 Å². The molecule has 1 saturated heterocycles. The Morgan fingerprint density at radius 2 is 1.81 bits per heavy atom. The largest absolute Gasteiger partial charge is 0.507 e. The Morgan fingerprint density at radius 1 is 1.06 bits per heavy atom. The van der Waals surface area contributed by atoms with Crippen molar-refractivity contribution in [3.05, 3.63) is 88.2 Å². The SMILES string of the molecule is CCOc1ccc(/C(O)=C2\C(=O)C(=O)N(Cc3cccnc3)[C@H]2c2ccc(OC)c(OC)c2)cc1Cl. The summed E-state index contributed by atoms with van der Waals surface area (Å²) in [6.45, 7) is 2.36. The van der Waals surface area contributed by atoms with Crippen molar-refractivity contribution in [2.24, 2.45) is 0 Å². The molecule has 1 aromatic heterocycles. The maximum atomic E-state index is 13.3. The Labute approximate surface area is 213 Å². The molecule has 0 aliphatic carbocycles. The molecule has 4 rings (SSSR count). The molecule has 186 valence electrons. The number of aliphatic hydroxyl groups excluding tert-OH is 1. The average Bonchev–Trinajstić information content (AvgIpc) is 3.14. The van der Waals surface area contributed by atoms with E-state index in [1.165, 1.54) is 25.2 Å². The highest BCUT2D eigenvalue weighted by Gasteiger charge is 2.46. The van der Waals surface area contributed by atoms with Gasteiger partial charge in [0.25, 0.3) is 11.7 Å². The van der Waals surface area contributed by atoms with Gasteiger partial charge < -0.3 is 24.2 Å². The number of nitrogens with zero attached hydrogens (tertiary/aromatic N) is 2. The molecule has 0 spiro atoms. The number of carbonyl (C=O) groups excluding carboxylic acids is 2. The first-order valence-corrected chi connectivity index (χ1v) is 11.6. The van der Waals surface area contributed by atoms with Crippen molar-refractivity contribution in [1.82, 2.24) is 9.88 Å². The summed E-state index contributed by atoms with van der Waals surface area (Å²) in [7, 11) is 3.01. The Kier molecular flexibility index (Phi) is 7.45. The number of aliphatic hydroxyl groups is 1. The van der Waals surface area contributed by atoms with E-state index in [0.717, 1.165) is 5.56 Å². The number of halogens is 1. The summed E-state index contributed by atoms with van der Waals surface area (Å²) in [6.07, 6.45) is 3.25. The Morgan fingerprint density at radius 3 is 2.44 bits per heavy atom. The fraction of sp³-hybridized carbons (Fsp3) is 0.222. The lowest BCUT2D eigenvalue weighted by atomic mass is 9.94. The van der Waals surface area contributed by atoms with Gasteiger partial charge in [0, 0.05) is 24.5 Å². The van der Waals surface area contributed by atoms with E-state index in [1.54, 1.807) is 48.8 Å². The van der Waals surface area contributed by atoms with Gasteiger partial charge in [0.15, 0.2) is 11.5 Å². The van der Waals surface area contributed by atoms with Crippen LogP contribution in [-0.4, -0.2) is 47.5 Å². The number of methoxy groups -OCH3 is 2. The van der Waals surface area contributed by atoms with Gasteiger partial charge in [-0.25, -0.2) is 0 Å². The molecule has 1 aliphatic rings. The second kappa shape index (κ2) is 10.7. The number of hydrogen-bond donors (Lipinski definition) is 1. The molecule has 0 bridgehead atoms. The molecule has 1 amide bonds. The number of amides is 1. The normalized spacial score (nSPS) is 16.8. The fourth-order valence-electron chi connectivity index (χ4n) is 4.18. The van der Waals surface area contributed by atoms with Crippen LogP contribution in [0.15, 0.2) is 66.5 Å². The van der Waals surface area contributed by atoms with E-state index in [2.05, 4.69) is 4.98 Å². The standard InChI is InChI=1S/C27H25ClN2O6/c1-4-36-20-9-8-18(12-19(20)28)25(31)23-24(17-7-10-21(34-2)22(13-17)35-3)30(27(33)26(23)32)15-16-6-5-11-29-14-16/h5-14,24,31H,4,15H2,1-3H3/b25-23+/t24-/m0/s1. The highest BCUT2D eigenvalue weighted by Crippen LogP contribution is 2.43. The zero-order valence-electron chi connectivity index (χ0n) is 20.0. The molecule has 0 unspecified atom stereocenters. The summed E-state index contributed by atoms with van der Waals surface area (Å²) in [4.78, 5) is 32.0. The number of likely N-dealkylation sites (tertiary alicyclic amines) is 1. The van der Waals surface area contributed by atoms with Gasteiger partial charge in [-0.1, -0.05) is 23.7 Å². The minimum Gasteiger partial charge on any atom is -0.507 e. The van der Waals surface area contributed by atoms with Gasteiger partial charge in [-0.05, 0) is 54.4 Å². The second-order valence-corrected chi connectivity index (χ2v) is 8.39. The van der Waals surface area contributed by atoms with Gasteiger partial charge in [-0.3, -0.25) is 14.6 Å². The van der Waals surface area contributed by atoms with Crippen LogP contribution in [-0.2, 0) is 16.1 Å². The van der Waals surface area contributed by atoms with Crippen LogP contribution in [0.25, 0.3) is 5.76 Å². The van der Waals surface area contributed by atoms with E-state index in [0.29, 0.717) is 29.4 Å². The number of ketones is 1. The van der Waals surface area contributed by atoms with Crippen LogP contribution in [0.5, 0.6) is 17.2 Å². The molecule has 2 heterocycles. The van der Waals surface area contributed by atoms with E-state index < -0.39 is 17.7 Å². The highest BCUT2D eigenvalue weighted by molar-refractivity contribution is 6.46. The number of rotatable bonds is 8. The number of benzene rings is 2. The first kappa shape index (κ1) is 25.1. The molecule has 0 saturated carbocycles. The van der Waals surface area contributed by atoms with Crippen molar-refractivity contribution in [1.29, 1.82) is 0 Å². The fourth-order valence-corrected chi connectivity index (χ4v) is 4.41. The Hall–Kier alpha value is -4.04. The minimum absolute atomic E-state index is 0.0589. The van der Waals surface area contributed by atoms with Gasteiger partial charge >= 0.3 is 0 Å². The van der Waals surface area contributed by atoms with E-state index in [4.69, 9.17) is 25.8 Å². The third kappa shape index (κ3) is 4.72. The number of Topliss-reactive ketones (excluding diaryl/α,β-unsaturated/α-hetero) is 1. The molecule has 9 heteroatoms. The zero-order valence-corrected chi connectivity index (χ0v) is 20.8. The number of carbonyl (C=O) groups is 2. The van der Waals surface area contributed by atoms with Crippen LogP contribution < -0.4 is 14.2 Å². The molecular weight excluding hydrogens is 484 g/mol. The molecule has 1 N–H and O–H groups in total. The van der Waals surface area contributed by atoms with Crippen molar-refractivity contribution >= 4 is 29.1 Å². The predicted octanol–water partition coefficient (Wildman–Crippen LogP) is 4.77. The van der Waals surface area contributed by atoms with Crippen molar-refractivity contribution in [2.45, 2.75) is 19.5 Å². The monoisotopic (exact) mass is 508 g/mol. The molecule has 36 heavy (non-hydrogen) atoms. The van der Waals surface area contributed by atoms with Crippen LogP contribution >= 0.6 is 11.6 Å². The zero-order chi connectivity index (χ0) is 25.8. The first-order chi connectivity index (χ1) is 17.4. The van der Waals surface area contributed by atoms with Crippen LogP contribution in [0.3, 0.4) is 0 Å². The molecule has 2 aromatic carbocycles. The van der Waals surface area contributed by atoms with Crippen molar-refractivity contribution in [3.8, 4) is 17.2 Å². The van der Waals surface area contributed by atoms with Gasteiger partial charge in [0.1, 0.15) is 11.5 Å². The molecule has 1 fully saturated rings. The van der Waals surface area contributed by atoms with Crippen LogP contribution in [0.4, 0.5) is 0 Å². The van der Waals surface area contributed by atoms with E-state index >= 15 is 0 Å². The summed E-state index contributed by atoms with van der Waals surface area (Å²) in [5.74, 6) is -0.524. The van der Waals surface area contributed by atoms with Gasteiger partial charge in [-0.15, -0.1) is 0 Å². The average molecular weight is 509 g/mol. The molecule has 3 aromatic rings. The molecule has 1 aliphatic heterocycles. The molecule has 8 nitrogen and oxygen atoms in total. The van der Waals surface area contributed by atoms with E-state index in [-0.39, 0.29) is 28.5 Å². The Balaban J connectivity index is 1.88. The third-order valence-corrected chi connectivity index (χ3v) is 6.14.